The maximum absolute atomic E-state index is 13.0. The van der Waals surface area contributed by atoms with E-state index in [4.69, 9.17) is 0 Å². The van der Waals surface area contributed by atoms with E-state index in [-0.39, 0.29) is 11.2 Å². The Hall–Kier alpha value is -3.45. The number of thioether (sulfide) groups is 1. The van der Waals surface area contributed by atoms with Gasteiger partial charge in [0.05, 0.1) is 5.25 Å². The highest BCUT2D eigenvalue weighted by molar-refractivity contribution is 8.00. The van der Waals surface area contributed by atoms with Gasteiger partial charge in [0.2, 0.25) is 5.91 Å². The molecule has 0 bridgehead atoms. The van der Waals surface area contributed by atoms with Gasteiger partial charge in [-0.2, -0.15) is 0 Å². The van der Waals surface area contributed by atoms with Gasteiger partial charge in [-0.15, -0.1) is 10.2 Å². The van der Waals surface area contributed by atoms with E-state index in [1.807, 2.05) is 85.1 Å². The van der Waals surface area contributed by atoms with Crippen LogP contribution in [0.5, 0.6) is 0 Å². The van der Waals surface area contributed by atoms with Gasteiger partial charge in [-0.25, -0.2) is 0 Å². The molecule has 0 aliphatic rings. The molecule has 0 radical (unpaired) electrons. The number of hydrogen-bond acceptors (Lipinski definition) is 5. The summed E-state index contributed by atoms with van der Waals surface area (Å²) in [6, 6.07) is 21.7. The van der Waals surface area contributed by atoms with Crippen LogP contribution in [0.3, 0.4) is 0 Å². The molecule has 1 amide bonds. The van der Waals surface area contributed by atoms with E-state index < -0.39 is 0 Å². The lowest BCUT2D eigenvalue weighted by molar-refractivity contribution is -0.115. The van der Waals surface area contributed by atoms with Crippen molar-refractivity contribution in [3.05, 3.63) is 79.1 Å². The highest BCUT2D eigenvalue weighted by Gasteiger charge is 2.21. The van der Waals surface area contributed by atoms with E-state index >= 15 is 0 Å². The van der Waals surface area contributed by atoms with Crippen molar-refractivity contribution in [2.24, 2.45) is 0 Å². The minimum atomic E-state index is -0.344. The molecule has 31 heavy (non-hydrogen) atoms. The molecule has 2 aromatic heterocycles. The number of hydrogen-bond donors (Lipinski definition) is 1. The Balaban J connectivity index is 1.52. The molecule has 0 spiro atoms. The monoisotopic (exact) mass is 429 g/mol. The van der Waals surface area contributed by atoms with Gasteiger partial charge in [0.25, 0.3) is 0 Å². The van der Waals surface area contributed by atoms with Crippen molar-refractivity contribution >= 4 is 23.4 Å². The molecule has 1 atom stereocenters. The summed E-state index contributed by atoms with van der Waals surface area (Å²) < 4.78 is 2.02. The normalized spacial score (nSPS) is 11.8. The number of nitrogens with one attached hydrogen (secondary N) is 1. The van der Waals surface area contributed by atoms with Gasteiger partial charge in [-0.05, 0) is 37.6 Å². The molecule has 4 aromatic rings. The van der Waals surface area contributed by atoms with Crippen LogP contribution in [0.2, 0.25) is 0 Å². The van der Waals surface area contributed by atoms with Crippen LogP contribution in [0.25, 0.3) is 22.5 Å². The Morgan fingerprint density at radius 2 is 1.68 bits per heavy atom. The molecule has 4 rings (SSSR count). The van der Waals surface area contributed by atoms with Crippen LogP contribution in [-0.2, 0) is 11.3 Å². The largest absolute Gasteiger partial charge is 0.325 e. The number of pyridine rings is 1. The zero-order chi connectivity index (χ0) is 21.6. The lowest BCUT2D eigenvalue weighted by Gasteiger charge is -2.15. The minimum absolute atomic E-state index is 0.0792. The molecule has 0 aliphatic carbocycles. The molecular weight excluding hydrogens is 406 g/mol. The van der Waals surface area contributed by atoms with Crippen LogP contribution in [0.4, 0.5) is 5.69 Å². The van der Waals surface area contributed by atoms with Gasteiger partial charge in [-0.3, -0.25) is 9.78 Å². The zero-order valence-corrected chi connectivity index (χ0v) is 18.2. The fraction of sp³-hybridized carbons (Fsp3) is 0.167. The Labute approximate surface area is 185 Å². The summed E-state index contributed by atoms with van der Waals surface area (Å²) >= 11 is 1.40. The molecule has 156 valence electrons. The SMILES string of the molecule is CCn1c(SC(C)C(=O)Nc2ccccc2-c2ccccc2)nnc1-c1ccncc1. The molecule has 0 saturated carbocycles. The van der Waals surface area contributed by atoms with E-state index in [0.29, 0.717) is 11.7 Å². The second-order valence-electron chi connectivity index (χ2n) is 6.95. The number of nitrogens with zero attached hydrogens (tertiary/aromatic N) is 4. The van der Waals surface area contributed by atoms with Gasteiger partial charge >= 0.3 is 0 Å². The second-order valence-corrected chi connectivity index (χ2v) is 8.26. The van der Waals surface area contributed by atoms with Crippen LogP contribution >= 0.6 is 11.8 Å². The van der Waals surface area contributed by atoms with Crippen LogP contribution < -0.4 is 5.32 Å². The number of rotatable bonds is 7. The summed E-state index contributed by atoms with van der Waals surface area (Å²) in [5, 5.41) is 12.1. The standard InChI is InChI=1S/C24H23N5OS/c1-3-29-22(19-13-15-25-16-14-19)27-28-24(29)31-17(2)23(30)26-21-12-8-7-11-20(21)18-9-5-4-6-10-18/h4-17H,3H2,1-2H3,(H,26,30). The quantitative estimate of drug-likeness (QED) is 0.412. The van der Waals surface area contributed by atoms with E-state index in [1.165, 1.54) is 11.8 Å². The fourth-order valence-electron chi connectivity index (χ4n) is 3.28. The van der Waals surface area contributed by atoms with Gasteiger partial charge < -0.3 is 9.88 Å². The molecule has 7 heteroatoms. The average molecular weight is 430 g/mol. The molecule has 0 fully saturated rings. The van der Waals surface area contributed by atoms with Crippen LogP contribution in [0.1, 0.15) is 13.8 Å². The number of carbonyl (C=O) groups excluding carboxylic acids is 1. The number of benzene rings is 2. The Bertz CT molecular complexity index is 1160. The van der Waals surface area contributed by atoms with E-state index in [1.54, 1.807) is 12.4 Å². The third-order valence-corrected chi connectivity index (χ3v) is 5.97. The summed E-state index contributed by atoms with van der Waals surface area (Å²) in [6.45, 7) is 4.63. The van der Waals surface area contributed by atoms with Crippen molar-refractivity contribution in [1.29, 1.82) is 0 Å². The number of aromatic nitrogens is 4. The third-order valence-electron chi connectivity index (χ3n) is 4.89. The fourth-order valence-corrected chi connectivity index (χ4v) is 4.20. The predicted molar refractivity (Wildman–Crippen MR) is 125 cm³/mol. The molecule has 0 saturated heterocycles. The van der Waals surface area contributed by atoms with E-state index in [9.17, 15) is 4.79 Å². The van der Waals surface area contributed by atoms with Crippen molar-refractivity contribution in [3.8, 4) is 22.5 Å². The second kappa shape index (κ2) is 9.57. The lowest BCUT2D eigenvalue weighted by Crippen LogP contribution is -2.23. The van der Waals surface area contributed by atoms with Gasteiger partial charge in [-0.1, -0.05) is 60.3 Å². The molecule has 1 N–H and O–H groups in total. The molecule has 2 heterocycles. The zero-order valence-electron chi connectivity index (χ0n) is 17.4. The molecule has 2 aromatic carbocycles. The molecule has 0 aliphatic heterocycles. The van der Waals surface area contributed by atoms with Crippen LogP contribution in [-0.4, -0.2) is 30.9 Å². The number of anilines is 1. The summed E-state index contributed by atoms with van der Waals surface area (Å²) in [4.78, 5) is 17.0. The van der Waals surface area contributed by atoms with Crippen molar-refractivity contribution in [2.45, 2.75) is 30.8 Å². The number of para-hydroxylation sites is 1. The summed E-state index contributed by atoms with van der Waals surface area (Å²) in [7, 11) is 0. The number of amides is 1. The molecule has 6 nitrogen and oxygen atoms in total. The lowest BCUT2D eigenvalue weighted by atomic mass is 10.0. The van der Waals surface area contributed by atoms with Crippen molar-refractivity contribution in [2.75, 3.05) is 5.32 Å². The maximum Gasteiger partial charge on any atom is 0.237 e. The molecule has 1 unspecified atom stereocenters. The van der Waals surface area contributed by atoms with Crippen molar-refractivity contribution < 1.29 is 4.79 Å². The predicted octanol–water partition coefficient (Wildman–Crippen LogP) is 5.15. The highest BCUT2D eigenvalue weighted by Crippen LogP contribution is 2.30. The van der Waals surface area contributed by atoms with Crippen LogP contribution in [0, 0.1) is 0 Å². The topological polar surface area (TPSA) is 72.7 Å². The Kier molecular flexibility index (Phi) is 6.43. The average Bonchev–Trinajstić information content (AvgIpc) is 3.23. The first-order chi connectivity index (χ1) is 15.2. The molecular formula is C24H23N5OS. The van der Waals surface area contributed by atoms with Crippen molar-refractivity contribution in [3.63, 3.8) is 0 Å². The number of carbonyl (C=O) groups is 1. The summed E-state index contributed by atoms with van der Waals surface area (Å²) in [6.07, 6.45) is 3.47. The summed E-state index contributed by atoms with van der Waals surface area (Å²) in [5.74, 6) is 0.693. The van der Waals surface area contributed by atoms with Gasteiger partial charge in [0.15, 0.2) is 11.0 Å². The highest BCUT2D eigenvalue weighted by atomic mass is 32.2. The first-order valence-corrected chi connectivity index (χ1v) is 11.0. The first kappa shape index (κ1) is 20.8. The Morgan fingerprint density at radius 3 is 2.42 bits per heavy atom. The van der Waals surface area contributed by atoms with E-state index in [0.717, 1.165) is 28.2 Å². The van der Waals surface area contributed by atoms with Crippen molar-refractivity contribution in [1.82, 2.24) is 19.7 Å². The smallest absolute Gasteiger partial charge is 0.237 e. The first-order valence-electron chi connectivity index (χ1n) is 10.1. The van der Waals surface area contributed by atoms with E-state index in [2.05, 4.69) is 20.5 Å². The third kappa shape index (κ3) is 4.67. The van der Waals surface area contributed by atoms with Gasteiger partial charge in [0.1, 0.15) is 0 Å². The van der Waals surface area contributed by atoms with Gasteiger partial charge in [0, 0.05) is 35.8 Å². The minimum Gasteiger partial charge on any atom is -0.325 e. The summed E-state index contributed by atoms with van der Waals surface area (Å²) in [5.41, 5.74) is 3.79. The Morgan fingerprint density at radius 1 is 0.968 bits per heavy atom. The maximum atomic E-state index is 13.0. The van der Waals surface area contributed by atoms with Crippen LogP contribution in [0.15, 0.2) is 84.3 Å².